The highest BCUT2D eigenvalue weighted by Crippen LogP contribution is 2.33. The summed E-state index contributed by atoms with van der Waals surface area (Å²) in [7, 11) is 1.23. The number of methoxy groups -OCH3 is 1. The van der Waals surface area contributed by atoms with E-state index < -0.39 is 23.3 Å². The Morgan fingerprint density at radius 1 is 1.42 bits per heavy atom. The number of carbonyl (C=O) groups is 1. The van der Waals surface area contributed by atoms with Gasteiger partial charge in [-0.2, -0.15) is 13.2 Å². The van der Waals surface area contributed by atoms with Crippen LogP contribution < -0.4 is 5.56 Å². The quantitative estimate of drug-likeness (QED) is 0.445. The molecule has 2 aromatic rings. The number of hydrogen-bond donors (Lipinski definition) is 0. The maximum absolute atomic E-state index is 13.0. The summed E-state index contributed by atoms with van der Waals surface area (Å²) < 4.78 is 44.8. The van der Waals surface area contributed by atoms with Crippen LogP contribution >= 0.6 is 23.5 Å². The molecule has 0 fully saturated rings. The van der Waals surface area contributed by atoms with Crippen LogP contribution in [0.15, 0.2) is 39.1 Å². The van der Waals surface area contributed by atoms with Gasteiger partial charge in [0, 0.05) is 12.2 Å². The fourth-order valence-electron chi connectivity index (χ4n) is 2.42. The minimum Gasteiger partial charge on any atom is -0.468 e. The van der Waals surface area contributed by atoms with E-state index in [4.69, 9.17) is 0 Å². The largest absolute Gasteiger partial charge is 0.468 e. The van der Waals surface area contributed by atoms with Gasteiger partial charge >= 0.3 is 12.1 Å². The molecule has 0 N–H and O–H groups in total. The van der Waals surface area contributed by atoms with Gasteiger partial charge in [0.15, 0.2) is 5.16 Å². The summed E-state index contributed by atoms with van der Waals surface area (Å²) in [4.78, 5) is 29.1. The molecule has 1 aliphatic heterocycles. The monoisotopic (exact) mass is 402 g/mol. The van der Waals surface area contributed by atoms with E-state index in [-0.39, 0.29) is 16.6 Å². The number of aromatic nitrogens is 2. The van der Waals surface area contributed by atoms with Crippen LogP contribution in [-0.2, 0) is 22.1 Å². The number of ether oxygens (including phenoxy) is 1. The summed E-state index contributed by atoms with van der Waals surface area (Å²) in [6.07, 6.45) is -3.93. The maximum atomic E-state index is 13.0. The lowest BCUT2D eigenvalue weighted by atomic mass is 10.2. The van der Waals surface area contributed by atoms with Crippen molar-refractivity contribution in [1.29, 1.82) is 0 Å². The lowest BCUT2D eigenvalue weighted by Crippen LogP contribution is -2.24. The highest BCUT2D eigenvalue weighted by molar-refractivity contribution is 8.00. The Morgan fingerprint density at radius 3 is 2.88 bits per heavy atom. The lowest BCUT2D eigenvalue weighted by Gasteiger charge is -2.15. The molecule has 1 aromatic heterocycles. The summed E-state index contributed by atoms with van der Waals surface area (Å²) in [5, 5.41) is 0.168. The number of rotatable bonds is 4. The van der Waals surface area contributed by atoms with E-state index >= 15 is 0 Å². The Kier molecular flexibility index (Phi) is 5.33. The van der Waals surface area contributed by atoms with Crippen LogP contribution in [-0.4, -0.2) is 34.1 Å². The van der Waals surface area contributed by atoms with Crippen LogP contribution in [0.2, 0.25) is 0 Å². The molecule has 0 saturated carbocycles. The van der Waals surface area contributed by atoms with Crippen LogP contribution in [0.4, 0.5) is 13.2 Å². The molecule has 0 amide bonds. The molecule has 0 saturated heterocycles. The highest BCUT2D eigenvalue weighted by atomic mass is 32.2. The van der Waals surface area contributed by atoms with Crippen molar-refractivity contribution in [3.05, 3.63) is 45.9 Å². The van der Waals surface area contributed by atoms with Gasteiger partial charge < -0.3 is 4.74 Å². The number of esters is 1. The van der Waals surface area contributed by atoms with E-state index in [1.807, 2.05) is 0 Å². The van der Waals surface area contributed by atoms with Crippen LogP contribution in [0.1, 0.15) is 11.3 Å². The molecule has 1 aromatic carbocycles. The van der Waals surface area contributed by atoms with Crippen molar-refractivity contribution in [2.45, 2.75) is 22.6 Å². The van der Waals surface area contributed by atoms with Crippen LogP contribution in [0.3, 0.4) is 0 Å². The molecular formula is C16H13F3N2O3S2. The molecule has 0 spiro atoms. The third-order valence-corrected chi connectivity index (χ3v) is 5.66. The fourth-order valence-corrected chi connectivity index (χ4v) is 4.31. The molecule has 2 heterocycles. The molecule has 26 heavy (non-hydrogen) atoms. The molecule has 3 rings (SSSR count). The second kappa shape index (κ2) is 7.36. The number of nitrogens with zero attached hydrogens (tertiary/aromatic N) is 2. The third kappa shape index (κ3) is 3.75. The summed E-state index contributed by atoms with van der Waals surface area (Å²) in [6.45, 7) is 0. The maximum Gasteiger partial charge on any atom is 0.416 e. The molecule has 0 radical (unpaired) electrons. The number of aryl methyl sites for hydroxylation is 1. The smallest absolute Gasteiger partial charge is 0.416 e. The lowest BCUT2D eigenvalue weighted by molar-refractivity contribution is -0.138. The number of carbonyl (C=O) groups excluding carboxylic acids is 1. The number of alkyl halides is 3. The van der Waals surface area contributed by atoms with Crippen molar-refractivity contribution in [1.82, 2.24) is 9.55 Å². The van der Waals surface area contributed by atoms with E-state index in [2.05, 4.69) is 9.72 Å². The molecule has 0 unspecified atom stereocenters. The zero-order valence-corrected chi connectivity index (χ0v) is 15.1. The number of halogens is 3. The van der Waals surface area contributed by atoms with Gasteiger partial charge in [0.05, 0.1) is 34.7 Å². The highest BCUT2D eigenvalue weighted by Gasteiger charge is 2.31. The first-order chi connectivity index (χ1) is 12.3. The summed E-state index contributed by atoms with van der Waals surface area (Å²) in [6, 6.07) is 4.48. The van der Waals surface area contributed by atoms with Gasteiger partial charge in [0.25, 0.3) is 5.56 Å². The number of benzene rings is 1. The molecule has 0 aliphatic carbocycles. The minimum atomic E-state index is -4.53. The number of thioether (sulfide) groups is 2. The predicted molar refractivity (Wildman–Crippen MR) is 92.0 cm³/mol. The molecular weight excluding hydrogens is 389 g/mol. The molecule has 1 aliphatic rings. The second-order valence-electron chi connectivity index (χ2n) is 5.32. The Balaban J connectivity index is 2.13. The van der Waals surface area contributed by atoms with Gasteiger partial charge in [0.2, 0.25) is 0 Å². The second-order valence-corrected chi connectivity index (χ2v) is 7.37. The van der Waals surface area contributed by atoms with Crippen LogP contribution in [0.5, 0.6) is 0 Å². The van der Waals surface area contributed by atoms with Gasteiger partial charge in [-0.05, 0) is 18.2 Å². The zero-order chi connectivity index (χ0) is 18.9. The molecule has 0 bridgehead atoms. The summed E-state index contributed by atoms with van der Waals surface area (Å²) in [5.74, 6) is 0.0637. The van der Waals surface area contributed by atoms with Crippen molar-refractivity contribution in [2.75, 3.05) is 18.6 Å². The average Bonchev–Trinajstić information content (AvgIpc) is 3.08. The SMILES string of the molecule is COC(=O)CSc1nc2c(c(=O)n1-c1cccc(C(F)(F)F)c1)SCC2. The topological polar surface area (TPSA) is 61.2 Å². The Morgan fingerprint density at radius 2 is 2.19 bits per heavy atom. The Bertz CT molecular complexity index is 913. The van der Waals surface area contributed by atoms with Crippen molar-refractivity contribution in [3.8, 4) is 5.69 Å². The standard InChI is InChI=1S/C16H13F3N2O3S2/c1-24-12(22)8-26-15-20-11-5-6-25-13(11)14(23)21(15)10-4-2-3-9(7-10)16(17,18)19/h2-4,7H,5-6,8H2,1H3. The Hall–Kier alpha value is -1.94. The van der Waals surface area contributed by atoms with Crippen molar-refractivity contribution < 1.29 is 22.7 Å². The van der Waals surface area contributed by atoms with Gasteiger partial charge in [-0.15, -0.1) is 11.8 Å². The average molecular weight is 402 g/mol. The Labute approximate surface area is 155 Å². The van der Waals surface area contributed by atoms with E-state index in [0.29, 0.717) is 22.8 Å². The van der Waals surface area contributed by atoms with Crippen LogP contribution in [0, 0.1) is 0 Å². The minimum absolute atomic E-state index is 0.0555. The number of fused-ring (bicyclic) bond motifs is 1. The predicted octanol–water partition coefficient (Wildman–Crippen LogP) is 3.16. The van der Waals surface area contributed by atoms with Crippen molar-refractivity contribution in [3.63, 3.8) is 0 Å². The van der Waals surface area contributed by atoms with Crippen LogP contribution in [0.25, 0.3) is 5.69 Å². The van der Waals surface area contributed by atoms with Gasteiger partial charge in [-0.25, -0.2) is 4.98 Å². The van der Waals surface area contributed by atoms with Crippen molar-refractivity contribution in [2.24, 2.45) is 0 Å². The van der Waals surface area contributed by atoms with E-state index in [1.54, 1.807) is 0 Å². The van der Waals surface area contributed by atoms with Crippen molar-refractivity contribution >= 4 is 29.5 Å². The zero-order valence-electron chi connectivity index (χ0n) is 13.5. The molecule has 5 nitrogen and oxygen atoms in total. The molecule has 10 heteroatoms. The first kappa shape index (κ1) is 18.8. The van der Waals surface area contributed by atoms with Gasteiger partial charge in [-0.3, -0.25) is 14.2 Å². The van der Waals surface area contributed by atoms with E-state index in [0.717, 1.165) is 28.5 Å². The van der Waals surface area contributed by atoms with E-state index in [9.17, 15) is 22.8 Å². The molecule has 138 valence electrons. The summed E-state index contributed by atoms with van der Waals surface area (Å²) >= 11 is 2.29. The first-order valence-electron chi connectivity index (χ1n) is 7.47. The molecule has 0 atom stereocenters. The summed E-state index contributed by atoms with van der Waals surface area (Å²) in [5.41, 5.74) is -0.626. The van der Waals surface area contributed by atoms with E-state index in [1.165, 1.54) is 31.0 Å². The van der Waals surface area contributed by atoms with Gasteiger partial charge in [-0.1, -0.05) is 17.8 Å². The normalized spacial score (nSPS) is 13.5. The third-order valence-electron chi connectivity index (χ3n) is 3.65. The number of hydrogen-bond acceptors (Lipinski definition) is 6. The van der Waals surface area contributed by atoms with Gasteiger partial charge in [0.1, 0.15) is 0 Å². The fraction of sp³-hybridized carbons (Fsp3) is 0.312. The first-order valence-corrected chi connectivity index (χ1v) is 9.44.